The van der Waals surface area contributed by atoms with Crippen LogP contribution in [0.25, 0.3) is 17.0 Å². The van der Waals surface area contributed by atoms with Crippen molar-refractivity contribution in [1.82, 2.24) is 4.98 Å². The molecule has 2 aromatic carbocycles. The highest BCUT2D eigenvalue weighted by Gasteiger charge is 2.08. The van der Waals surface area contributed by atoms with E-state index >= 15 is 0 Å². The molecule has 3 rings (SSSR count). The molecule has 0 radical (unpaired) electrons. The van der Waals surface area contributed by atoms with E-state index in [4.69, 9.17) is 15.9 Å². The van der Waals surface area contributed by atoms with E-state index < -0.39 is 0 Å². The van der Waals surface area contributed by atoms with Crippen LogP contribution < -0.4 is 10.5 Å². The molecule has 0 amide bonds. The Kier molecular flexibility index (Phi) is 3.20. The molecule has 0 aliphatic rings. The molecule has 0 aliphatic carbocycles. The molecule has 0 saturated carbocycles. The first-order chi connectivity index (χ1) is 10.2. The first-order valence-corrected chi connectivity index (χ1v) is 6.54. The number of nitrogen functional groups attached to an aromatic ring is 1. The van der Waals surface area contributed by atoms with Gasteiger partial charge in [0.05, 0.1) is 0 Å². The largest absolute Gasteiger partial charge is 0.457 e. The Bertz CT molecular complexity index is 833. The van der Waals surface area contributed by atoms with Gasteiger partial charge < -0.3 is 15.5 Å². The predicted octanol–water partition coefficient (Wildman–Crippen LogP) is 3.89. The van der Waals surface area contributed by atoms with Crippen LogP contribution in [0.15, 0.2) is 55.2 Å². The number of nitrogens with one attached hydrogen (secondary N) is 2. The van der Waals surface area contributed by atoms with Crippen molar-refractivity contribution in [3.63, 3.8) is 0 Å². The van der Waals surface area contributed by atoms with E-state index in [-0.39, 0.29) is 5.84 Å². The summed E-state index contributed by atoms with van der Waals surface area (Å²) in [5, 5.41) is 8.54. The maximum Gasteiger partial charge on any atom is 0.135 e. The van der Waals surface area contributed by atoms with Gasteiger partial charge in [0.1, 0.15) is 17.3 Å². The van der Waals surface area contributed by atoms with Crippen molar-refractivity contribution >= 4 is 22.8 Å². The Hall–Kier alpha value is -3.01. The topological polar surface area (TPSA) is 74.9 Å². The lowest BCUT2D eigenvalue weighted by Gasteiger charge is -2.11. The van der Waals surface area contributed by atoms with Crippen molar-refractivity contribution in [2.24, 2.45) is 5.73 Å². The average Bonchev–Trinajstić information content (AvgIpc) is 2.96. The first kappa shape index (κ1) is 13.0. The normalized spacial score (nSPS) is 10.5. The number of aromatic nitrogens is 1. The molecule has 0 unspecified atom stereocenters. The maximum atomic E-state index is 7.48. The first-order valence-electron chi connectivity index (χ1n) is 6.54. The predicted molar refractivity (Wildman–Crippen MR) is 85.9 cm³/mol. The van der Waals surface area contributed by atoms with Gasteiger partial charge in [-0.15, -0.1) is 0 Å². The van der Waals surface area contributed by atoms with Crippen LogP contribution in [0.2, 0.25) is 0 Å². The van der Waals surface area contributed by atoms with Gasteiger partial charge in [0.2, 0.25) is 0 Å². The standard InChI is InChI=1S/C17H15N3O/c1-2-13-14-8-9-20-15(14)6-7-16(13)21-12-5-3-4-11(10-12)17(18)19/h2-10,20H,1H2,(H3,18,19). The summed E-state index contributed by atoms with van der Waals surface area (Å²) < 4.78 is 5.93. The Morgan fingerprint density at radius 1 is 1.24 bits per heavy atom. The van der Waals surface area contributed by atoms with Crippen LogP contribution in [0, 0.1) is 5.41 Å². The molecule has 0 fully saturated rings. The SMILES string of the molecule is C=Cc1c(Oc2cccc(C(=N)N)c2)ccc2[nH]ccc12. The molecule has 1 aromatic heterocycles. The van der Waals surface area contributed by atoms with Crippen molar-refractivity contribution in [3.05, 3.63) is 66.4 Å². The third-order valence-corrected chi connectivity index (χ3v) is 3.31. The molecule has 3 aromatic rings. The summed E-state index contributed by atoms with van der Waals surface area (Å²) in [6.07, 6.45) is 3.66. The number of hydrogen-bond donors (Lipinski definition) is 3. The van der Waals surface area contributed by atoms with Gasteiger partial charge in [-0.05, 0) is 30.3 Å². The van der Waals surface area contributed by atoms with Gasteiger partial charge in [0.15, 0.2) is 0 Å². The van der Waals surface area contributed by atoms with Gasteiger partial charge in [-0.25, -0.2) is 0 Å². The summed E-state index contributed by atoms with van der Waals surface area (Å²) in [6.45, 7) is 3.86. The monoisotopic (exact) mass is 277 g/mol. The lowest BCUT2D eigenvalue weighted by atomic mass is 10.1. The quantitative estimate of drug-likeness (QED) is 0.500. The zero-order chi connectivity index (χ0) is 14.8. The van der Waals surface area contributed by atoms with E-state index in [9.17, 15) is 0 Å². The summed E-state index contributed by atoms with van der Waals surface area (Å²) in [7, 11) is 0. The fourth-order valence-corrected chi connectivity index (χ4v) is 2.29. The van der Waals surface area contributed by atoms with Crippen molar-refractivity contribution < 1.29 is 4.74 Å². The fraction of sp³-hybridized carbons (Fsp3) is 0. The molecule has 104 valence electrons. The molecule has 1 heterocycles. The summed E-state index contributed by atoms with van der Waals surface area (Å²) in [5.74, 6) is 1.38. The van der Waals surface area contributed by atoms with Crippen LogP contribution in [0.5, 0.6) is 11.5 Å². The fourth-order valence-electron chi connectivity index (χ4n) is 2.29. The minimum absolute atomic E-state index is 0.0190. The molecule has 0 bridgehead atoms. The number of nitrogens with two attached hydrogens (primary N) is 1. The minimum atomic E-state index is 0.0190. The molecular weight excluding hydrogens is 262 g/mol. The highest BCUT2D eigenvalue weighted by Crippen LogP contribution is 2.32. The van der Waals surface area contributed by atoms with Crippen molar-refractivity contribution in [1.29, 1.82) is 5.41 Å². The summed E-state index contributed by atoms with van der Waals surface area (Å²) in [4.78, 5) is 3.16. The molecular formula is C17H15N3O. The molecule has 0 spiro atoms. The minimum Gasteiger partial charge on any atom is -0.457 e. The average molecular weight is 277 g/mol. The number of amidine groups is 1. The third kappa shape index (κ3) is 2.39. The van der Waals surface area contributed by atoms with Crippen LogP contribution >= 0.6 is 0 Å². The van der Waals surface area contributed by atoms with Gasteiger partial charge in [-0.3, -0.25) is 5.41 Å². The Morgan fingerprint density at radius 3 is 2.86 bits per heavy atom. The van der Waals surface area contributed by atoms with E-state index in [0.717, 1.165) is 22.2 Å². The molecule has 0 aliphatic heterocycles. The Morgan fingerprint density at radius 2 is 2.10 bits per heavy atom. The number of aromatic amines is 1. The zero-order valence-corrected chi connectivity index (χ0v) is 11.4. The van der Waals surface area contributed by atoms with Crippen LogP contribution in [0.1, 0.15) is 11.1 Å². The number of ether oxygens (including phenoxy) is 1. The van der Waals surface area contributed by atoms with Crippen LogP contribution in [0.4, 0.5) is 0 Å². The second-order valence-corrected chi connectivity index (χ2v) is 4.66. The molecule has 4 heteroatoms. The molecule has 4 nitrogen and oxygen atoms in total. The zero-order valence-electron chi connectivity index (χ0n) is 11.4. The highest BCUT2D eigenvalue weighted by molar-refractivity contribution is 5.95. The Labute approximate surface area is 122 Å². The third-order valence-electron chi connectivity index (χ3n) is 3.31. The van der Waals surface area contributed by atoms with E-state index in [2.05, 4.69) is 11.6 Å². The smallest absolute Gasteiger partial charge is 0.135 e. The number of fused-ring (bicyclic) bond motifs is 1. The summed E-state index contributed by atoms with van der Waals surface area (Å²) >= 11 is 0. The Balaban J connectivity index is 2.03. The lowest BCUT2D eigenvalue weighted by Crippen LogP contribution is -2.10. The lowest BCUT2D eigenvalue weighted by molar-refractivity contribution is 0.482. The second-order valence-electron chi connectivity index (χ2n) is 4.66. The van der Waals surface area contributed by atoms with E-state index in [1.54, 1.807) is 18.2 Å². The van der Waals surface area contributed by atoms with Gasteiger partial charge >= 0.3 is 0 Å². The van der Waals surface area contributed by atoms with Crippen molar-refractivity contribution in [3.8, 4) is 11.5 Å². The van der Waals surface area contributed by atoms with Crippen LogP contribution in [-0.2, 0) is 0 Å². The second kappa shape index (κ2) is 5.17. The summed E-state index contributed by atoms with van der Waals surface area (Å²) in [6, 6.07) is 13.0. The number of H-pyrrole nitrogens is 1. The van der Waals surface area contributed by atoms with Gasteiger partial charge in [0.25, 0.3) is 0 Å². The van der Waals surface area contributed by atoms with E-state index in [1.165, 1.54) is 0 Å². The highest BCUT2D eigenvalue weighted by atomic mass is 16.5. The van der Waals surface area contributed by atoms with E-state index in [0.29, 0.717) is 11.3 Å². The number of rotatable bonds is 4. The van der Waals surface area contributed by atoms with Crippen molar-refractivity contribution in [2.75, 3.05) is 0 Å². The van der Waals surface area contributed by atoms with Crippen LogP contribution in [0.3, 0.4) is 0 Å². The maximum absolute atomic E-state index is 7.48. The molecule has 0 atom stereocenters. The number of hydrogen-bond acceptors (Lipinski definition) is 2. The van der Waals surface area contributed by atoms with Crippen molar-refractivity contribution in [2.45, 2.75) is 0 Å². The van der Waals surface area contributed by atoms with Gasteiger partial charge in [0, 0.05) is 28.2 Å². The van der Waals surface area contributed by atoms with Gasteiger partial charge in [-0.1, -0.05) is 24.8 Å². The van der Waals surface area contributed by atoms with Crippen LogP contribution in [-0.4, -0.2) is 10.8 Å². The molecule has 0 saturated heterocycles. The van der Waals surface area contributed by atoms with Gasteiger partial charge in [-0.2, -0.15) is 0 Å². The van der Waals surface area contributed by atoms with E-state index in [1.807, 2.05) is 36.5 Å². The number of benzene rings is 2. The molecule has 21 heavy (non-hydrogen) atoms. The molecule has 4 N–H and O–H groups in total. The summed E-state index contributed by atoms with van der Waals surface area (Å²) in [5.41, 5.74) is 8.10.